The lowest BCUT2D eigenvalue weighted by molar-refractivity contribution is 0.0582. The van der Waals surface area contributed by atoms with Gasteiger partial charge in [-0.15, -0.1) is 0 Å². The zero-order valence-corrected chi connectivity index (χ0v) is 16.6. The number of amides is 1. The van der Waals surface area contributed by atoms with Crippen molar-refractivity contribution in [1.82, 2.24) is 9.88 Å². The number of carbonyl (C=O) groups excluding carboxylic acids is 1. The Morgan fingerprint density at radius 3 is 2.76 bits per heavy atom. The molecular formula is C22H24N2O5. The fourth-order valence-corrected chi connectivity index (χ4v) is 3.41. The maximum atomic E-state index is 12.5. The van der Waals surface area contributed by atoms with Crippen molar-refractivity contribution in [2.75, 3.05) is 27.3 Å². The normalized spacial score (nSPS) is 16.1. The molecule has 2 heterocycles. The molecule has 1 fully saturated rings. The van der Waals surface area contributed by atoms with Crippen molar-refractivity contribution in [2.24, 2.45) is 0 Å². The van der Waals surface area contributed by atoms with Crippen LogP contribution in [0.5, 0.6) is 11.5 Å². The molecule has 152 valence electrons. The number of hydrogen-bond acceptors (Lipinski definition) is 6. The molecule has 1 aromatic heterocycles. The topological polar surface area (TPSA) is 74.0 Å². The van der Waals surface area contributed by atoms with Crippen molar-refractivity contribution in [3.05, 3.63) is 54.2 Å². The highest BCUT2D eigenvalue weighted by atomic mass is 16.5. The van der Waals surface area contributed by atoms with Crippen LogP contribution in [0.4, 0.5) is 0 Å². The van der Waals surface area contributed by atoms with E-state index in [4.69, 9.17) is 18.6 Å². The first-order chi connectivity index (χ1) is 14.1. The number of nitrogens with zero attached hydrogens (tertiary/aromatic N) is 2. The van der Waals surface area contributed by atoms with E-state index in [1.807, 2.05) is 36.4 Å². The Bertz CT molecular complexity index is 994. The molecule has 1 aliphatic rings. The van der Waals surface area contributed by atoms with E-state index in [2.05, 4.69) is 4.98 Å². The van der Waals surface area contributed by atoms with Gasteiger partial charge < -0.3 is 23.5 Å². The first-order valence-corrected chi connectivity index (χ1v) is 9.64. The van der Waals surface area contributed by atoms with Crippen molar-refractivity contribution in [1.29, 1.82) is 0 Å². The van der Waals surface area contributed by atoms with E-state index >= 15 is 0 Å². The molecule has 0 spiro atoms. The Morgan fingerprint density at radius 2 is 2.00 bits per heavy atom. The Balaban J connectivity index is 1.37. The van der Waals surface area contributed by atoms with Crippen LogP contribution in [0.1, 0.15) is 29.2 Å². The highest BCUT2D eigenvalue weighted by molar-refractivity contribution is 5.91. The van der Waals surface area contributed by atoms with Crippen LogP contribution in [0.3, 0.4) is 0 Å². The molecule has 1 amide bonds. The quantitative estimate of drug-likeness (QED) is 0.607. The summed E-state index contributed by atoms with van der Waals surface area (Å²) in [5.74, 6) is 1.64. The fourth-order valence-electron chi connectivity index (χ4n) is 3.41. The second-order valence-corrected chi connectivity index (χ2v) is 7.11. The largest absolute Gasteiger partial charge is 0.497 e. The summed E-state index contributed by atoms with van der Waals surface area (Å²) in [6, 6.07) is 11.7. The minimum Gasteiger partial charge on any atom is -0.497 e. The van der Waals surface area contributed by atoms with Gasteiger partial charge in [-0.25, -0.2) is 4.98 Å². The van der Waals surface area contributed by atoms with Crippen LogP contribution < -0.4 is 9.47 Å². The summed E-state index contributed by atoms with van der Waals surface area (Å²) in [5.41, 5.74) is 0.271. The van der Waals surface area contributed by atoms with Crippen LogP contribution in [0.2, 0.25) is 0 Å². The van der Waals surface area contributed by atoms with Crippen molar-refractivity contribution in [3.63, 3.8) is 0 Å². The number of methoxy groups -OCH3 is 1. The number of carbonyl (C=O) groups is 1. The molecule has 1 saturated heterocycles. The van der Waals surface area contributed by atoms with E-state index < -0.39 is 0 Å². The second-order valence-electron chi connectivity index (χ2n) is 7.11. The van der Waals surface area contributed by atoms with Crippen LogP contribution in [0, 0.1) is 0 Å². The molecule has 4 rings (SSSR count). The minimum absolute atomic E-state index is 0.102. The molecule has 0 bridgehead atoms. The highest BCUT2D eigenvalue weighted by Gasteiger charge is 2.22. The van der Waals surface area contributed by atoms with Gasteiger partial charge in [-0.1, -0.05) is 12.1 Å². The lowest BCUT2D eigenvalue weighted by Crippen LogP contribution is -2.34. The smallest absolute Gasteiger partial charge is 0.275 e. The first-order valence-electron chi connectivity index (χ1n) is 9.64. The van der Waals surface area contributed by atoms with Gasteiger partial charge in [0.15, 0.2) is 12.3 Å². The summed E-state index contributed by atoms with van der Waals surface area (Å²) in [7, 11) is 3.39. The maximum absolute atomic E-state index is 12.5. The average molecular weight is 396 g/mol. The number of ether oxygens (including phenoxy) is 3. The molecule has 0 saturated carbocycles. The van der Waals surface area contributed by atoms with Crippen LogP contribution in [0.25, 0.3) is 10.8 Å². The van der Waals surface area contributed by atoms with E-state index in [1.54, 1.807) is 19.1 Å². The standard InChI is InChI=1S/C22H24N2O5/c1-24(12-19-4-3-9-27-19)22(25)20-13-29-21(23-20)14-28-18-8-6-15-5-7-17(26-2)10-16(15)11-18/h5-8,10-11,13,19H,3-4,9,12,14H2,1-2H3/t19-/m0/s1. The predicted molar refractivity (Wildman–Crippen MR) is 107 cm³/mol. The van der Waals surface area contributed by atoms with Gasteiger partial charge >= 0.3 is 0 Å². The summed E-state index contributed by atoms with van der Waals surface area (Å²) in [6.45, 7) is 1.45. The van der Waals surface area contributed by atoms with E-state index in [0.29, 0.717) is 18.2 Å². The Morgan fingerprint density at radius 1 is 1.21 bits per heavy atom. The van der Waals surface area contributed by atoms with Gasteiger partial charge in [0.1, 0.15) is 17.8 Å². The van der Waals surface area contributed by atoms with E-state index in [-0.39, 0.29) is 24.3 Å². The molecule has 0 aliphatic carbocycles. The second kappa shape index (κ2) is 8.53. The molecule has 7 heteroatoms. The van der Waals surface area contributed by atoms with Crippen molar-refractivity contribution >= 4 is 16.7 Å². The molecule has 2 aromatic carbocycles. The van der Waals surface area contributed by atoms with Gasteiger partial charge in [0.2, 0.25) is 5.89 Å². The van der Waals surface area contributed by atoms with Gasteiger partial charge in [0, 0.05) is 20.2 Å². The lowest BCUT2D eigenvalue weighted by Gasteiger charge is -2.19. The molecule has 1 aliphatic heterocycles. The SMILES string of the molecule is COc1ccc2ccc(OCc3nc(C(=O)N(C)C[C@@H]4CCCO4)co3)cc2c1. The molecule has 1 atom stereocenters. The molecule has 29 heavy (non-hydrogen) atoms. The van der Waals surface area contributed by atoms with E-state index in [1.165, 1.54) is 6.26 Å². The number of likely N-dealkylation sites (N-methyl/N-ethyl adjacent to an activating group) is 1. The third-order valence-electron chi connectivity index (χ3n) is 5.00. The number of aromatic nitrogens is 1. The van der Waals surface area contributed by atoms with Gasteiger partial charge in [0.05, 0.1) is 13.2 Å². The van der Waals surface area contributed by atoms with Crippen molar-refractivity contribution in [3.8, 4) is 11.5 Å². The molecule has 0 N–H and O–H groups in total. The monoisotopic (exact) mass is 396 g/mol. The fraction of sp³-hybridized carbons (Fsp3) is 0.364. The molecule has 3 aromatic rings. The van der Waals surface area contributed by atoms with E-state index in [9.17, 15) is 4.79 Å². The van der Waals surface area contributed by atoms with E-state index in [0.717, 1.165) is 36.0 Å². The van der Waals surface area contributed by atoms with Gasteiger partial charge in [-0.05, 0) is 47.9 Å². The minimum atomic E-state index is -0.187. The first kappa shape index (κ1) is 19.3. The summed E-state index contributed by atoms with van der Waals surface area (Å²) in [5, 5.41) is 2.11. The predicted octanol–water partition coefficient (Wildman–Crippen LogP) is 3.67. The number of hydrogen-bond donors (Lipinski definition) is 0. The summed E-state index contributed by atoms with van der Waals surface area (Å²) in [4.78, 5) is 18.4. The average Bonchev–Trinajstić information content (AvgIpc) is 3.43. The number of oxazole rings is 1. The lowest BCUT2D eigenvalue weighted by atomic mass is 10.1. The highest BCUT2D eigenvalue weighted by Crippen LogP contribution is 2.25. The van der Waals surface area contributed by atoms with Gasteiger partial charge in [0.25, 0.3) is 5.91 Å². The number of fused-ring (bicyclic) bond motifs is 1. The number of rotatable bonds is 7. The third kappa shape index (κ3) is 4.51. The zero-order chi connectivity index (χ0) is 20.2. The van der Waals surface area contributed by atoms with Gasteiger partial charge in [-0.3, -0.25) is 4.79 Å². The molecule has 0 radical (unpaired) electrons. The summed E-state index contributed by atoms with van der Waals surface area (Å²) < 4.78 is 22.1. The number of benzene rings is 2. The Hall–Kier alpha value is -3.06. The molecule has 0 unspecified atom stereocenters. The summed E-state index contributed by atoms with van der Waals surface area (Å²) in [6.07, 6.45) is 3.50. The summed E-state index contributed by atoms with van der Waals surface area (Å²) >= 11 is 0. The Kier molecular flexibility index (Phi) is 5.67. The Labute approximate surface area is 169 Å². The van der Waals surface area contributed by atoms with Crippen LogP contribution >= 0.6 is 0 Å². The van der Waals surface area contributed by atoms with Crippen LogP contribution in [-0.4, -0.2) is 49.2 Å². The molecule has 7 nitrogen and oxygen atoms in total. The zero-order valence-electron chi connectivity index (χ0n) is 16.6. The van der Waals surface area contributed by atoms with Crippen molar-refractivity contribution < 1.29 is 23.4 Å². The third-order valence-corrected chi connectivity index (χ3v) is 5.00. The van der Waals surface area contributed by atoms with Crippen molar-refractivity contribution in [2.45, 2.75) is 25.6 Å². The molecular weight excluding hydrogens is 372 g/mol. The van der Waals surface area contributed by atoms with Crippen LogP contribution in [0.15, 0.2) is 47.1 Å². The maximum Gasteiger partial charge on any atom is 0.275 e. The van der Waals surface area contributed by atoms with Crippen LogP contribution in [-0.2, 0) is 11.3 Å². The van der Waals surface area contributed by atoms with Gasteiger partial charge in [-0.2, -0.15) is 0 Å².